The van der Waals surface area contributed by atoms with E-state index in [4.69, 9.17) is 19.6 Å². The van der Waals surface area contributed by atoms with Crippen molar-refractivity contribution in [3.8, 4) is 24.0 Å². The van der Waals surface area contributed by atoms with E-state index in [0.717, 1.165) is 6.42 Å². The largest absolute Gasteiger partial charge is 0.493 e. The lowest BCUT2D eigenvalue weighted by atomic mass is 9.49. The number of para-hydroxylation sites is 1. The summed E-state index contributed by atoms with van der Waals surface area (Å²) in [5, 5.41) is 40.2. The number of rotatable bonds is 3. The Balaban J connectivity index is 1.95. The highest BCUT2D eigenvalue weighted by atomic mass is 16.7. The molecular formula is C25H28N4O3. The van der Waals surface area contributed by atoms with E-state index in [9.17, 15) is 15.8 Å². The molecular weight excluding hydrogens is 404 g/mol. The fourth-order valence-electron chi connectivity index (χ4n) is 5.89. The van der Waals surface area contributed by atoms with Gasteiger partial charge < -0.3 is 14.2 Å². The van der Waals surface area contributed by atoms with Crippen molar-refractivity contribution < 1.29 is 14.2 Å². The zero-order valence-corrected chi connectivity index (χ0v) is 18.9. The number of hydrogen-bond donors (Lipinski definition) is 1. The number of ether oxygens (including phenoxy) is 3. The third kappa shape index (κ3) is 2.63. The van der Waals surface area contributed by atoms with Crippen molar-refractivity contribution in [1.82, 2.24) is 0 Å². The highest BCUT2D eigenvalue weighted by Crippen LogP contribution is 2.71. The Kier molecular flexibility index (Phi) is 5.00. The predicted molar refractivity (Wildman–Crippen MR) is 115 cm³/mol. The normalized spacial score (nSPS) is 34.9. The average Bonchev–Trinajstić information content (AvgIpc) is 2.97. The lowest BCUT2D eigenvalue weighted by molar-refractivity contribution is -0.301. The van der Waals surface area contributed by atoms with Crippen LogP contribution in [-0.4, -0.2) is 18.3 Å². The minimum Gasteiger partial charge on any atom is -0.493 e. The smallest absolute Gasteiger partial charge is 0.217 e. The van der Waals surface area contributed by atoms with Crippen LogP contribution in [0.1, 0.15) is 58.6 Å². The van der Waals surface area contributed by atoms with Gasteiger partial charge in [0, 0.05) is 12.0 Å². The van der Waals surface area contributed by atoms with Gasteiger partial charge in [0.1, 0.15) is 11.9 Å². The van der Waals surface area contributed by atoms with Crippen LogP contribution in [0.3, 0.4) is 0 Å². The summed E-state index contributed by atoms with van der Waals surface area (Å²) in [6.45, 7) is 8.69. The summed E-state index contributed by atoms with van der Waals surface area (Å²) in [5.74, 6) is -1.39. The van der Waals surface area contributed by atoms with Crippen LogP contribution in [0.5, 0.6) is 5.75 Å². The van der Waals surface area contributed by atoms with Crippen molar-refractivity contribution in [1.29, 1.82) is 21.2 Å². The van der Waals surface area contributed by atoms with E-state index in [1.807, 2.05) is 6.92 Å². The van der Waals surface area contributed by atoms with Crippen LogP contribution in [-0.2, 0) is 9.47 Å². The van der Waals surface area contributed by atoms with Gasteiger partial charge in [0.05, 0.1) is 30.7 Å². The Bertz CT molecular complexity index is 1060. The molecule has 7 heteroatoms. The molecule has 0 radical (unpaired) electrons. The molecule has 2 saturated heterocycles. The quantitative estimate of drug-likeness (QED) is 0.727. The van der Waals surface area contributed by atoms with Gasteiger partial charge in [-0.25, -0.2) is 0 Å². The Morgan fingerprint density at radius 2 is 1.84 bits per heavy atom. The Labute approximate surface area is 189 Å². The molecule has 7 nitrogen and oxygen atoms in total. The van der Waals surface area contributed by atoms with Crippen LogP contribution < -0.4 is 4.74 Å². The summed E-state index contributed by atoms with van der Waals surface area (Å²) in [4.78, 5) is 0. The monoisotopic (exact) mass is 432 g/mol. The Hall–Kier alpha value is -3.08. The highest BCUT2D eigenvalue weighted by molar-refractivity contribution is 5.89. The predicted octanol–water partition coefficient (Wildman–Crippen LogP) is 4.87. The van der Waals surface area contributed by atoms with Crippen molar-refractivity contribution >= 4 is 5.90 Å². The van der Waals surface area contributed by atoms with Gasteiger partial charge in [-0.2, -0.15) is 15.8 Å². The average molecular weight is 433 g/mol. The zero-order valence-electron chi connectivity index (χ0n) is 18.9. The van der Waals surface area contributed by atoms with Crippen LogP contribution in [0.2, 0.25) is 0 Å². The van der Waals surface area contributed by atoms with Crippen LogP contribution in [0.4, 0.5) is 0 Å². The molecule has 2 aliphatic heterocycles. The van der Waals surface area contributed by atoms with E-state index in [-0.39, 0.29) is 17.2 Å². The summed E-state index contributed by atoms with van der Waals surface area (Å²) in [6, 6.07) is 13.6. The molecule has 32 heavy (non-hydrogen) atoms. The zero-order chi connectivity index (χ0) is 23.4. The molecule has 1 aliphatic carbocycles. The molecule has 3 fully saturated rings. The first kappa shape index (κ1) is 22.1. The Morgan fingerprint density at radius 3 is 2.44 bits per heavy atom. The second kappa shape index (κ2) is 7.22. The van der Waals surface area contributed by atoms with E-state index < -0.39 is 28.6 Å². The third-order valence-corrected chi connectivity index (χ3v) is 7.64. The van der Waals surface area contributed by atoms with Gasteiger partial charge >= 0.3 is 0 Å². The van der Waals surface area contributed by atoms with Gasteiger partial charge in [-0.05, 0) is 37.2 Å². The minimum atomic E-state index is -1.96. The molecule has 3 aliphatic rings. The molecule has 2 heterocycles. The van der Waals surface area contributed by atoms with Crippen molar-refractivity contribution in [3.05, 3.63) is 29.8 Å². The number of hydrogen-bond acceptors (Lipinski definition) is 7. The fraction of sp³-hybridized carbons (Fsp3) is 0.600. The standard InChI is InChI=1S/C25H28N4O3/c1-5-30-18-9-7-6-8-17(18)20-23(13-26,14-27)24(15-28)19-12-16(22(2,3)4)10-11-25(19,31-20)32-21(24)29/h6-9,16,19-20,29H,5,10-12H2,1-4H3. The molecule has 1 saturated carbocycles. The number of benzene rings is 1. The van der Waals surface area contributed by atoms with Gasteiger partial charge in [0.15, 0.2) is 5.41 Å². The number of nitriles is 3. The first-order chi connectivity index (χ1) is 15.2. The van der Waals surface area contributed by atoms with Crippen molar-refractivity contribution in [2.45, 2.75) is 58.8 Å². The molecule has 166 valence electrons. The molecule has 4 rings (SSSR count). The lowest BCUT2D eigenvalue weighted by Crippen LogP contribution is -2.61. The molecule has 2 bridgehead atoms. The van der Waals surface area contributed by atoms with Crippen molar-refractivity contribution in [3.63, 3.8) is 0 Å². The van der Waals surface area contributed by atoms with Gasteiger partial charge in [-0.1, -0.05) is 39.0 Å². The fourth-order valence-corrected chi connectivity index (χ4v) is 5.89. The molecule has 0 amide bonds. The first-order valence-electron chi connectivity index (χ1n) is 11.1. The SMILES string of the molecule is CCOc1ccccc1C1OC23CCC(C(C)(C)C)CC2C(C#N)(C(=N)O3)C1(C#N)C#N. The van der Waals surface area contributed by atoms with Gasteiger partial charge in [-0.3, -0.25) is 5.41 Å². The summed E-state index contributed by atoms with van der Waals surface area (Å²) in [7, 11) is 0. The summed E-state index contributed by atoms with van der Waals surface area (Å²) in [5.41, 5.74) is -3.20. The molecule has 1 N–H and O–H groups in total. The van der Waals surface area contributed by atoms with E-state index >= 15 is 0 Å². The molecule has 0 aromatic heterocycles. The summed E-state index contributed by atoms with van der Waals surface area (Å²) >= 11 is 0. The highest BCUT2D eigenvalue weighted by Gasteiger charge is 2.81. The van der Waals surface area contributed by atoms with E-state index in [0.29, 0.717) is 30.8 Å². The van der Waals surface area contributed by atoms with E-state index in [1.54, 1.807) is 24.3 Å². The maximum atomic E-state index is 10.5. The molecule has 0 spiro atoms. The molecule has 5 unspecified atom stereocenters. The lowest BCUT2D eigenvalue weighted by Gasteiger charge is -2.54. The number of nitrogens with zero attached hydrogens (tertiary/aromatic N) is 3. The minimum absolute atomic E-state index is 0.0275. The maximum Gasteiger partial charge on any atom is 0.217 e. The van der Waals surface area contributed by atoms with E-state index in [1.165, 1.54) is 0 Å². The first-order valence-corrected chi connectivity index (χ1v) is 11.1. The van der Waals surface area contributed by atoms with Crippen molar-refractivity contribution in [2.75, 3.05) is 6.61 Å². The molecule has 5 atom stereocenters. The number of nitrogens with one attached hydrogen (secondary N) is 1. The van der Waals surface area contributed by atoms with E-state index in [2.05, 4.69) is 39.0 Å². The second-order valence-corrected chi connectivity index (χ2v) is 10.1. The van der Waals surface area contributed by atoms with Gasteiger partial charge in [0.2, 0.25) is 17.1 Å². The maximum absolute atomic E-state index is 10.5. The summed E-state index contributed by atoms with van der Waals surface area (Å²) < 4.78 is 18.4. The third-order valence-electron chi connectivity index (χ3n) is 7.64. The van der Waals surface area contributed by atoms with Gasteiger partial charge in [0.25, 0.3) is 0 Å². The Morgan fingerprint density at radius 1 is 1.16 bits per heavy atom. The second-order valence-electron chi connectivity index (χ2n) is 10.1. The topological polar surface area (TPSA) is 123 Å². The van der Waals surface area contributed by atoms with Crippen LogP contribution in [0, 0.1) is 67.5 Å². The van der Waals surface area contributed by atoms with Crippen LogP contribution >= 0.6 is 0 Å². The molecule has 1 aromatic carbocycles. The van der Waals surface area contributed by atoms with Gasteiger partial charge in [-0.15, -0.1) is 0 Å². The van der Waals surface area contributed by atoms with Crippen molar-refractivity contribution in [2.24, 2.45) is 28.1 Å². The van der Waals surface area contributed by atoms with Crippen LogP contribution in [0.25, 0.3) is 0 Å². The molecule has 1 aromatic rings. The van der Waals surface area contributed by atoms with Crippen LogP contribution in [0.15, 0.2) is 24.3 Å². The summed E-state index contributed by atoms with van der Waals surface area (Å²) in [6.07, 6.45) is 0.752.